The first-order chi connectivity index (χ1) is 9.10. The summed E-state index contributed by atoms with van der Waals surface area (Å²) in [4.78, 5) is 4.65. The maximum Gasteiger partial charge on any atom is 0.111 e. The van der Waals surface area contributed by atoms with E-state index in [2.05, 4.69) is 37.1 Å². The smallest absolute Gasteiger partial charge is 0.111 e. The summed E-state index contributed by atoms with van der Waals surface area (Å²) in [6, 6.07) is 8.51. The average Bonchev–Trinajstić information content (AvgIpc) is 2.81. The quantitative estimate of drug-likeness (QED) is 0.851. The molecule has 1 heterocycles. The Bertz CT molecular complexity index is 491. The van der Waals surface area contributed by atoms with Crippen LogP contribution in [0.1, 0.15) is 38.2 Å². The van der Waals surface area contributed by atoms with Crippen molar-refractivity contribution < 1.29 is 5.11 Å². The molecule has 0 saturated heterocycles. The van der Waals surface area contributed by atoms with E-state index in [1.54, 1.807) is 11.3 Å². The molecule has 0 fully saturated rings. The van der Waals surface area contributed by atoms with E-state index in [0.717, 1.165) is 16.9 Å². The third-order valence-electron chi connectivity index (χ3n) is 3.14. The second-order valence-corrected chi connectivity index (χ2v) is 6.48. The number of aliphatic hydroxyl groups excluding tert-OH is 1. The van der Waals surface area contributed by atoms with Gasteiger partial charge in [-0.15, -0.1) is 11.3 Å². The molecule has 0 bridgehead atoms. The molecule has 0 aliphatic rings. The first-order valence-electron chi connectivity index (χ1n) is 6.82. The molecule has 104 valence electrons. The van der Waals surface area contributed by atoms with Crippen LogP contribution in [0.25, 0.3) is 10.2 Å². The molecule has 1 aromatic heterocycles. The lowest BCUT2D eigenvalue weighted by molar-refractivity contribution is 0.215. The molecule has 3 nitrogen and oxygen atoms in total. The molecule has 1 aromatic carbocycles. The van der Waals surface area contributed by atoms with Gasteiger partial charge in [-0.3, -0.25) is 0 Å². The minimum Gasteiger partial charge on any atom is -0.395 e. The third kappa shape index (κ3) is 3.75. The molecule has 0 radical (unpaired) electrons. The van der Waals surface area contributed by atoms with Crippen molar-refractivity contribution in [1.82, 2.24) is 10.3 Å². The highest BCUT2D eigenvalue weighted by Gasteiger charge is 2.16. The number of hydrogen-bond acceptors (Lipinski definition) is 4. The normalized spacial score (nSPS) is 15.0. The molecule has 2 rings (SSSR count). The van der Waals surface area contributed by atoms with Crippen LogP contribution >= 0.6 is 11.3 Å². The van der Waals surface area contributed by atoms with Gasteiger partial charge in [0.15, 0.2) is 0 Å². The van der Waals surface area contributed by atoms with Crippen molar-refractivity contribution in [3.63, 3.8) is 0 Å². The topological polar surface area (TPSA) is 45.1 Å². The minimum atomic E-state index is 0.141. The largest absolute Gasteiger partial charge is 0.395 e. The lowest BCUT2D eigenvalue weighted by Crippen LogP contribution is -2.35. The summed E-state index contributed by atoms with van der Waals surface area (Å²) in [5.41, 5.74) is 1.06. The zero-order chi connectivity index (χ0) is 13.8. The molecular formula is C15H22N2OS. The predicted octanol–water partition coefficient (Wildman–Crippen LogP) is 3.35. The maximum atomic E-state index is 9.43. The molecule has 2 aromatic rings. The predicted molar refractivity (Wildman–Crippen MR) is 81.5 cm³/mol. The molecule has 2 N–H and O–H groups in total. The van der Waals surface area contributed by atoms with Crippen LogP contribution in [0.5, 0.6) is 0 Å². The van der Waals surface area contributed by atoms with Gasteiger partial charge in [-0.05, 0) is 31.4 Å². The SMILES string of the molecule is CC(C)CC(CO)NC(C)c1nc2ccccc2s1. The number of nitrogens with one attached hydrogen (secondary N) is 1. The molecule has 0 saturated carbocycles. The highest BCUT2D eigenvalue weighted by atomic mass is 32.1. The van der Waals surface area contributed by atoms with E-state index < -0.39 is 0 Å². The highest BCUT2D eigenvalue weighted by Crippen LogP contribution is 2.26. The number of rotatable bonds is 6. The number of benzene rings is 1. The molecule has 19 heavy (non-hydrogen) atoms. The second kappa shape index (κ2) is 6.46. The van der Waals surface area contributed by atoms with Crippen LogP contribution in [-0.2, 0) is 0 Å². The summed E-state index contributed by atoms with van der Waals surface area (Å²) in [5.74, 6) is 0.576. The summed E-state index contributed by atoms with van der Waals surface area (Å²) >= 11 is 1.72. The summed E-state index contributed by atoms with van der Waals surface area (Å²) in [6.07, 6.45) is 0.978. The zero-order valence-corrected chi connectivity index (χ0v) is 12.6. The Hall–Kier alpha value is -0.970. The van der Waals surface area contributed by atoms with Crippen LogP contribution in [0.2, 0.25) is 0 Å². The fourth-order valence-corrected chi connectivity index (χ4v) is 3.24. The number of thiazole rings is 1. The summed E-state index contributed by atoms with van der Waals surface area (Å²) in [7, 11) is 0. The summed E-state index contributed by atoms with van der Waals surface area (Å²) in [6.45, 7) is 6.63. The first kappa shape index (κ1) is 14.4. The van der Waals surface area contributed by atoms with Crippen LogP contribution in [-0.4, -0.2) is 22.7 Å². The van der Waals surface area contributed by atoms with Gasteiger partial charge in [-0.2, -0.15) is 0 Å². The van der Waals surface area contributed by atoms with Gasteiger partial charge in [-0.1, -0.05) is 26.0 Å². The van der Waals surface area contributed by atoms with E-state index in [-0.39, 0.29) is 18.7 Å². The van der Waals surface area contributed by atoms with Crippen molar-refractivity contribution in [1.29, 1.82) is 0 Å². The van der Waals surface area contributed by atoms with Crippen LogP contribution in [0, 0.1) is 5.92 Å². The molecule has 0 aliphatic heterocycles. The summed E-state index contributed by atoms with van der Waals surface area (Å²) < 4.78 is 1.22. The second-order valence-electron chi connectivity index (χ2n) is 5.42. The van der Waals surface area contributed by atoms with E-state index in [0.29, 0.717) is 5.92 Å². The Balaban J connectivity index is 2.08. The van der Waals surface area contributed by atoms with Crippen molar-refractivity contribution in [3.8, 4) is 0 Å². The fraction of sp³-hybridized carbons (Fsp3) is 0.533. The molecule has 0 aliphatic carbocycles. The lowest BCUT2D eigenvalue weighted by Gasteiger charge is -2.21. The molecule has 0 spiro atoms. The van der Waals surface area contributed by atoms with Crippen LogP contribution < -0.4 is 5.32 Å². The number of aliphatic hydroxyl groups is 1. The van der Waals surface area contributed by atoms with Gasteiger partial charge in [0.25, 0.3) is 0 Å². The number of aromatic nitrogens is 1. The van der Waals surface area contributed by atoms with E-state index in [1.807, 2.05) is 18.2 Å². The van der Waals surface area contributed by atoms with Crippen molar-refractivity contribution in [2.45, 2.75) is 39.3 Å². The Morgan fingerprint density at radius 2 is 2.00 bits per heavy atom. The van der Waals surface area contributed by atoms with Gasteiger partial charge in [0.2, 0.25) is 0 Å². The van der Waals surface area contributed by atoms with Gasteiger partial charge >= 0.3 is 0 Å². The van der Waals surface area contributed by atoms with Crippen molar-refractivity contribution >= 4 is 21.6 Å². The van der Waals surface area contributed by atoms with Crippen LogP contribution in [0.3, 0.4) is 0 Å². The summed E-state index contributed by atoms with van der Waals surface area (Å²) in [5, 5.41) is 14.0. The third-order valence-corrected chi connectivity index (χ3v) is 4.36. The Morgan fingerprint density at radius 1 is 1.26 bits per heavy atom. The van der Waals surface area contributed by atoms with Crippen molar-refractivity contribution in [2.75, 3.05) is 6.61 Å². The number of fused-ring (bicyclic) bond motifs is 1. The number of nitrogens with zero attached hydrogens (tertiary/aromatic N) is 1. The Morgan fingerprint density at radius 3 is 2.63 bits per heavy atom. The van der Waals surface area contributed by atoms with Crippen molar-refractivity contribution in [3.05, 3.63) is 29.3 Å². The number of hydrogen-bond donors (Lipinski definition) is 2. The lowest BCUT2D eigenvalue weighted by atomic mass is 10.0. The first-order valence-corrected chi connectivity index (χ1v) is 7.64. The molecule has 2 atom stereocenters. The van der Waals surface area contributed by atoms with E-state index in [9.17, 15) is 5.11 Å². The average molecular weight is 278 g/mol. The maximum absolute atomic E-state index is 9.43. The van der Waals surface area contributed by atoms with Gasteiger partial charge in [0, 0.05) is 6.04 Å². The Kier molecular flexibility index (Phi) is 4.91. The van der Waals surface area contributed by atoms with Gasteiger partial charge in [0.1, 0.15) is 5.01 Å². The molecule has 2 unspecified atom stereocenters. The Labute approximate surface area is 118 Å². The van der Waals surface area contributed by atoms with Crippen LogP contribution in [0.4, 0.5) is 0 Å². The standard InChI is InChI=1S/C15H22N2OS/c1-10(2)8-12(9-18)16-11(3)15-17-13-6-4-5-7-14(13)19-15/h4-7,10-12,16,18H,8-9H2,1-3H3. The molecule has 4 heteroatoms. The van der Waals surface area contributed by atoms with Gasteiger partial charge in [0.05, 0.1) is 22.9 Å². The zero-order valence-electron chi connectivity index (χ0n) is 11.8. The van der Waals surface area contributed by atoms with Gasteiger partial charge < -0.3 is 10.4 Å². The monoisotopic (exact) mass is 278 g/mol. The van der Waals surface area contributed by atoms with E-state index >= 15 is 0 Å². The minimum absolute atomic E-state index is 0.141. The van der Waals surface area contributed by atoms with Crippen molar-refractivity contribution in [2.24, 2.45) is 5.92 Å². The van der Waals surface area contributed by atoms with E-state index in [4.69, 9.17) is 0 Å². The molecule has 0 amide bonds. The highest BCUT2D eigenvalue weighted by molar-refractivity contribution is 7.18. The number of para-hydroxylation sites is 1. The fourth-order valence-electron chi connectivity index (χ4n) is 2.26. The molecular weight excluding hydrogens is 256 g/mol. The van der Waals surface area contributed by atoms with Gasteiger partial charge in [-0.25, -0.2) is 4.98 Å². The van der Waals surface area contributed by atoms with E-state index in [1.165, 1.54) is 4.70 Å². The van der Waals surface area contributed by atoms with Crippen LogP contribution in [0.15, 0.2) is 24.3 Å².